The van der Waals surface area contributed by atoms with Crippen LogP contribution < -0.4 is 20.3 Å². The molecule has 0 unspecified atom stereocenters. The van der Waals surface area contributed by atoms with Crippen LogP contribution in [0, 0.1) is 0 Å². The van der Waals surface area contributed by atoms with Crippen molar-refractivity contribution in [2.75, 3.05) is 0 Å². The summed E-state index contributed by atoms with van der Waals surface area (Å²) in [5.41, 5.74) is 11.5. The molecular formula is C42H24BNO3. The van der Waals surface area contributed by atoms with Crippen molar-refractivity contribution >= 4 is 61.6 Å². The summed E-state index contributed by atoms with van der Waals surface area (Å²) in [5.74, 6) is 2.50. The number of aromatic nitrogens is 1. The fourth-order valence-corrected chi connectivity index (χ4v) is 7.80. The Hall–Kier alpha value is -6.20. The van der Waals surface area contributed by atoms with Gasteiger partial charge in [0.1, 0.15) is 28.4 Å². The number of furan rings is 1. The molecule has 218 valence electrons. The maximum absolute atomic E-state index is 7.08. The van der Waals surface area contributed by atoms with Gasteiger partial charge in [-0.05, 0) is 71.3 Å². The molecule has 0 radical (unpaired) electrons. The van der Waals surface area contributed by atoms with Gasteiger partial charge in [0, 0.05) is 38.0 Å². The summed E-state index contributed by atoms with van der Waals surface area (Å²) < 4.78 is 22.4. The molecule has 0 saturated carbocycles. The molecule has 9 aromatic rings. The first-order valence-corrected chi connectivity index (χ1v) is 16.0. The highest BCUT2D eigenvalue weighted by molar-refractivity contribution is 6.84. The molecule has 2 aliphatic heterocycles. The minimum atomic E-state index is -0.305. The molecule has 0 aliphatic carbocycles. The van der Waals surface area contributed by atoms with Gasteiger partial charge in [-0.25, -0.2) is 0 Å². The van der Waals surface area contributed by atoms with Crippen molar-refractivity contribution in [3.63, 3.8) is 0 Å². The van der Waals surface area contributed by atoms with Crippen LogP contribution in [0.5, 0.6) is 17.2 Å². The number of para-hydroxylation sites is 5. The Morgan fingerprint density at radius 1 is 0.489 bits per heavy atom. The molecule has 4 heterocycles. The SMILES string of the molecule is c1ccc2c(c1)OB1c3cccc(-n4c5ccccc5c5ccccc54)c3Oc3cc(-c4ccc5oc6ccccc6c5c4)cc-2c31. The van der Waals surface area contributed by atoms with Crippen molar-refractivity contribution in [1.82, 2.24) is 4.57 Å². The van der Waals surface area contributed by atoms with Gasteiger partial charge in [0.05, 0.1) is 16.7 Å². The Kier molecular flexibility index (Phi) is 4.89. The van der Waals surface area contributed by atoms with E-state index < -0.39 is 0 Å². The number of nitrogens with zero attached hydrogens (tertiary/aromatic N) is 1. The number of rotatable bonds is 2. The molecule has 2 aromatic heterocycles. The Labute approximate surface area is 270 Å². The third-order valence-electron chi connectivity index (χ3n) is 9.88. The zero-order valence-corrected chi connectivity index (χ0v) is 25.1. The normalized spacial score (nSPS) is 13.0. The first-order chi connectivity index (χ1) is 23.3. The van der Waals surface area contributed by atoms with Crippen LogP contribution in [0.4, 0.5) is 0 Å². The molecule has 0 atom stereocenters. The Balaban J connectivity index is 1.17. The zero-order valence-electron chi connectivity index (χ0n) is 25.1. The second kappa shape index (κ2) is 9.18. The van der Waals surface area contributed by atoms with E-state index in [-0.39, 0.29) is 6.92 Å². The lowest BCUT2D eigenvalue weighted by Crippen LogP contribution is -2.53. The minimum absolute atomic E-state index is 0.305. The first-order valence-electron chi connectivity index (χ1n) is 16.0. The summed E-state index contributed by atoms with van der Waals surface area (Å²) in [6.45, 7) is -0.305. The van der Waals surface area contributed by atoms with E-state index in [1.165, 1.54) is 10.8 Å². The van der Waals surface area contributed by atoms with Crippen molar-refractivity contribution in [2.45, 2.75) is 0 Å². The molecular weight excluding hydrogens is 577 g/mol. The van der Waals surface area contributed by atoms with Gasteiger partial charge in [0.15, 0.2) is 0 Å². The van der Waals surface area contributed by atoms with Crippen molar-refractivity contribution in [3.05, 3.63) is 146 Å². The van der Waals surface area contributed by atoms with Crippen LogP contribution in [-0.4, -0.2) is 11.5 Å². The van der Waals surface area contributed by atoms with E-state index in [2.05, 4.69) is 132 Å². The van der Waals surface area contributed by atoms with E-state index in [1.54, 1.807) is 0 Å². The average Bonchev–Trinajstić information content (AvgIpc) is 3.67. The van der Waals surface area contributed by atoms with Crippen LogP contribution >= 0.6 is 0 Å². The van der Waals surface area contributed by atoms with Gasteiger partial charge in [-0.3, -0.25) is 0 Å². The predicted octanol–water partition coefficient (Wildman–Crippen LogP) is 9.62. The molecule has 0 N–H and O–H groups in total. The number of benzene rings is 7. The summed E-state index contributed by atoms with van der Waals surface area (Å²) in [5, 5.41) is 4.65. The molecule has 0 fully saturated rings. The van der Waals surface area contributed by atoms with E-state index in [0.29, 0.717) is 0 Å². The topological polar surface area (TPSA) is 36.5 Å². The summed E-state index contributed by atoms with van der Waals surface area (Å²) in [4.78, 5) is 0. The largest absolute Gasteiger partial charge is 0.551 e. The van der Waals surface area contributed by atoms with Gasteiger partial charge in [0.2, 0.25) is 0 Å². The molecule has 47 heavy (non-hydrogen) atoms. The van der Waals surface area contributed by atoms with Crippen molar-refractivity contribution in [1.29, 1.82) is 0 Å². The molecule has 0 bridgehead atoms. The van der Waals surface area contributed by atoms with E-state index in [9.17, 15) is 0 Å². The van der Waals surface area contributed by atoms with Crippen LogP contribution in [0.3, 0.4) is 0 Å². The zero-order chi connectivity index (χ0) is 30.6. The van der Waals surface area contributed by atoms with E-state index in [1.807, 2.05) is 18.2 Å². The fourth-order valence-electron chi connectivity index (χ4n) is 7.80. The number of ether oxygens (including phenoxy) is 1. The Morgan fingerprint density at radius 2 is 1.21 bits per heavy atom. The highest BCUT2D eigenvalue weighted by Gasteiger charge is 2.42. The molecule has 5 heteroatoms. The molecule has 0 amide bonds. The van der Waals surface area contributed by atoms with Crippen LogP contribution in [0.25, 0.3) is 71.7 Å². The van der Waals surface area contributed by atoms with Gasteiger partial charge >= 0.3 is 6.92 Å². The van der Waals surface area contributed by atoms with Crippen LogP contribution in [0.15, 0.2) is 150 Å². The average molecular weight is 601 g/mol. The summed E-state index contributed by atoms with van der Waals surface area (Å²) in [7, 11) is 0. The van der Waals surface area contributed by atoms with Crippen molar-refractivity contribution in [3.8, 4) is 45.2 Å². The molecule has 4 nitrogen and oxygen atoms in total. The quantitative estimate of drug-likeness (QED) is 0.185. The highest BCUT2D eigenvalue weighted by Crippen LogP contribution is 2.44. The second-order valence-electron chi connectivity index (χ2n) is 12.4. The molecule has 2 aliphatic rings. The number of fused-ring (bicyclic) bond motifs is 10. The molecule has 11 rings (SSSR count). The predicted molar refractivity (Wildman–Crippen MR) is 191 cm³/mol. The summed E-state index contributed by atoms with van der Waals surface area (Å²) in [6, 6.07) is 51.0. The third-order valence-corrected chi connectivity index (χ3v) is 9.88. The molecule has 7 aromatic carbocycles. The first kappa shape index (κ1) is 25.0. The summed E-state index contributed by atoms with van der Waals surface area (Å²) in [6.07, 6.45) is 0. The lowest BCUT2D eigenvalue weighted by molar-refractivity contribution is 0.478. The van der Waals surface area contributed by atoms with Gasteiger partial charge in [-0.15, -0.1) is 0 Å². The van der Waals surface area contributed by atoms with Gasteiger partial charge in [-0.1, -0.05) is 91.0 Å². The van der Waals surface area contributed by atoms with Gasteiger partial charge < -0.3 is 18.4 Å². The highest BCUT2D eigenvalue weighted by atomic mass is 16.5. The number of hydrogen-bond acceptors (Lipinski definition) is 3. The Morgan fingerprint density at radius 3 is 2.06 bits per heavy atom. The van der Waals surface area contributed by atoms with Gasteiger partial charge in [-0.2, -0.15) is 0 Å². The third kappa shape index (κ3) is 3.43. The standard InChI is InChI=1S/C42H24BNO3/c1-5-15-34-27(10-1)28-11-2-6-16-35(28)44(34)36-17-9-14-33-42(36)46-40-24-26(23-32-30-13-4-8-19-39(30)47-43(33)41(32)40)25-20-21-38-31(22-25)29-12-3-7-18-37(29)45-38/h1-24H. The number of hydrogen-bond donors (Lipinski definition) is 0. The summed E-state index contributed by atoms with van der Waals surface area (Å²) >= 11 is 0. The van der Waals surface area contributed by atoms with Crippen LogP contribution in [0.2, 0.25) is 0 Å². The van der Waals surface area contributed by atoms with E-state index >= 15 is 0 Å². The van der Waals surface area contributed by atoms with E-state index in [4.69, 9.17) is 13.8 Å². The Bertz CT molecular complexity index is 2720. The van der Waals surface area contributed by atoms with Crippen molar-refractivity contribution < 1.29 is 13.8 Å². The van der Waals surface area contributed by atoms with Gasteiger partial charge in [0.25, 0.3) is 0 Å². The fraction of sp³-hybridized carbons (Fsp3) is 0. The molecule has 0 saturated heterocycles. The van der Waals surface area contributed by atoms with Crippen LogP contribution in [0.1, 0.15) is 0 Å². The molecule has 0 spiro atoms. The second-order valence-corrected chi connectivity index (χ2v) is 12.4. The smallest absolute Gasteiger partial charge is 0.434 e. The lowest BCUT2D eigenvalue weighted by Gasteiger charge is -2.34. The van der Waals surface area contributed by atoms with Crippen LogP contribution in [-0.2, 0) is 0 Å². The maximum atomic E-state index is 7.08. The monoisotopic (exact) mass is 601 g/mol. The van der Waals surface area contributed by atoms with E-state index in [0.717, 1.165) is 89.1 Å². The van der Waals surface area contributed by atoms with Crippen molar-refractivity contribution in [2.24, 2.45) is 0 Å². The minimum Gasteiger partial charge on any atom is -0.551 e. The lowest BCUT2D eigenvalue weighted by atomic mass is 9.50. The maximum Gasteiger partial charge on any atom is 0.434 e.